The third-order valence-corrected chi connectivity index (χ3v) is 13.3. The SMILES string of the molecule is O=C(N[C@@H](CO[C@@H]1O[C@H](COCc2ccccc2)[C@@H](OCc2ccccc2)[C@H](OCc2ccccc2)[C@H]1N1C(=O)c2c(Cl)c(Cl)c(Cl)c(Cl)c2C1=O)C(=O)OCc1ccccc1)OCc1ccccc1. The average Bonchev–Trinajstić information content (AvgIpc) is 3.65. The van der Waals surface area contributed by atoms with Gasteiger partial charge in [-0.15, -0.1) is 0 Å². The fourth-order valence-electron chi connectivity index (χ4n) is 7.96. The highest BCUT2D eigenvalue weighted by Gasteiger charge is 2.57. The number of hydrogen-bond acceptors (Lipinski definition) is 11. The molecular weight excluding hydrogens is 982 g/mol. The van der Waals surface area contributed by atoms with E-state index in [9.17, 15) is 19.2 Å². The fraction of sp³-hybridized carbons (Fsp3) is 0.245. The number of nitrogens with zero attached hydrogens (tertiary/aromatic N) is 1. The van der Waals surface area contributed by atoms with Crippen LogP contribution in [0.15, 0.2) is 152 Å². The number of fused-ring (bicyclic) bond motifs is 1. The molecule has 0 radical (unpaired) electrons. The van der Waals surface area contributed by atoms with E-state index in [0.717, 1.165) is 21.6 Å². The molecule has 6 atom stereocenters. The van der Waals surface area contributed by atoms with Crippen molar-refractivity contribution in [1.82, 2.24) is 10.2 Å². The number of amides is 3. The normalized spacial score (nSPS) is 19.1. The van der Waals surface area contributed by atoms with Gasteiger partial charge in [-0.3, -0.25) is 14.5 Å². The van der Waals surface area contributed by atoms with Crippen LogP contribution in [0, 0.1) is 0 Å². The molecule has 3 amide bonds. The lowest BCUT2D eigenvalue weighted by atomic mass is 9.94. The van der Waals surface area contributed by atoms with Crippen molar-refractivity contribution in [2.24, 2.45) is 0 Å². The van der Waals surface area contributed by atoms with Gasteiger partial charge >= 0.3 is 12.1 Å². The molecule has 362 valence electrons. The van der Waals surface area contributed by atoms with E-state index in [-0.39, 0.29) is 70.9 Å². The second-order valence-electron chi connectivity index (χ2n) is 16.2. The molecule has 1 saturated heterocycles. The van der Waals surface area contributed by atoms with E-state index in [1.165, 1.54) is 0 Å². The smallest absolute Gasteiger partial charge is 0.408 e. The van der Waals surface area contributed by atoms with Gasteiger partial charge < -0.3 is 38.5 Å². The van der Waals surface area contributed by atoms with Gasteiger partial charge in [0.2, 0.25) is 0 Å². The number of hydrogen-bond donors (Lipinski definition) is 1. The Labute approximate surface area is 424 Å². The third-order valence-electron chi connectivity index (χ3n) is 11.4. The molecule has 1 N–H and O–H groups in total. The Morgan fingerprint density at radius 3 is 1.41 bits per heavy atom. The van der Waals surface area contributed by atoms with E-state index in [2.05, 4.69) is 5.32 Å². The predicted molar refractivity (Wildman–Crippen MR) is 261 cm³/mol. The first-order valence-corrected chi connectivity index (χ1v) is 23.7. The second kappa shape index (κ2) is 24.3. The van der Waals surface area contributed by atoms with Crippen LogP contribution in [0.1, 0.15) is 48.5 Å². The number of benzene rings is 6. The third kappa shape index (κ3) is 12.4. The lowest BCUT2D eigenvalue weighted by Crippen LogP contribution is -2.67. The lowest BCUT2D eigenvalue weighted by Gasteiger charge is -2.48. The van der Waals surface area contributed by atoms with Gasteiger partial charge in [0.15, 0.2) is 12.3 Å². The first-order valence-electron chi connectivity index (χ1n) is 22.2. The number of carbonyl (C=O) groups is 4. The second-order valence-corrected chi connectivity index (χ2v) is 17.7. The van der Waals surface area contributed by atoms with Crippen LogP contribution in [0.3, 0.4) is 0 Å². The molecule has 6 aromatic carbocycles. The molecule has 0 aliphatic carbocycles. The molecule has 0 bridgehead atoms. The van der Waals surface area contributed by atoms with Gasteiger partial charge in [0.1, 0.15) is 37.6 Å². The van der Waals surface area contributed by atoms with Crippen molar-refractivity contribution < 1.29 is 52.3 Å². The fourth-order valence-corrected chi connectivity index (χ4v) is 8.98. The Balaban J connectivity index is 1.18. The zero-order chi connectivity index (χ0) is 49.0. The minimum Gasteiger partial charge on any atom is -0.459 e. The van der Waals surface area contributed by atoms with Crippen molar-refractivity contribution in [3.63, 3.8) is 0 Å². The summed E-state index contributed by atoms with van der Waals surface area (Å²) < 4.78 is 44.4. The van der Waals surface area contributed by atoms with Gasteiger partial charge in [-0.1, -0.05) is 198 Å². The summed E-state index contributed by atoms with van der Waals surface area (Å²) in [5.41, 5.74) is 3.20. The van der Waals surface area contributed by atoms with Crippen LogP contribution in [0.2, 0.25) is 20.1 Å². The van der Waals surface area contributed by atoms with Gasteiger partial charge in [0.25, 0.3) is 11.8 Å². The van der Waals surface area contributed by atoms with Crippen molar-refractivity contribution in [3.8, 4) is 0 Å². The number of esters is 1. The quantitative estimate of drug-likeness (QED) is 0.0337. The monoisotopic (exact) mass is 1030 g/mol. The van der Waals surface area contributed by atoms with Crippen molar-refractivity contribution in [2.75, 3.05) is 13.2 Å². The standard InChI is InChI=1S/C53H46Cl4N2O11/c54-42-40-41(43(55)45(57)44(42)56)50(61)59(49(40)60)46-48(66-28-35-20-10-3-11-21-35)47(65-27-34-18-8-2-9-19-34)39(32-64-26-33-16-6-1-7-17-33)70-52(46)68-31-38(51(62)67-29-36-22-12-4-13-23-36)58-53(63)69-30-37-24-14-5-15-25-37/h1-25,38-39,46-48,52H,26-32H2,(H,58,63)/t38-,39+,46+,47+,48+,52+/m0/s1. The minimum atomic E-state index is -1.63. The highest BCUT2D eigenvalue weighted by Crippen LogP contribution is 2.47. The highest BCUT2D eigenvalue weighted by atomic mass is 35.5. The van der Waals surface area contributed by atoms with Crippen LogP contribution >= 0.6 is 46.4 Å². The molecule has 0 unspecified atom stereocenters. The summed E-state index contributed by atoms with van der Waals surface area (Å²) in [6, 6.07) is 42.9. The van der Waals surface area contributed by atoms with Gasteiger partial charge in [0, 0.05) is 0 Å². The van der Waals surface area contributed by atoms with Gasteiger partial charge in [-0.05, 0) is 27.8 Å². The Morgan fingerprint density at radius 2 is 0.943 bits per heavy atom. The molecule has 1 fully saturated rings. The molecule has 6 aromatic rings. The number of rotatable bonds is 20. The summed E-state index contributed by atoms with van der Waals surface area (Å²) in [7, 11) is 0. The van der Waals surface area contributed by atoms with Crippen molar-refractivity contribution in [1.29, 1.82) is 0 Å². The zero-order valence-corrected chi connectivity index (χ0v) is 40.3. The summed E-state index contributed by atoms with van der Waals surface area (Å²) in [6.07, 6.45) is -5.94. The molecule has 8 rings (SSSR count). The maximum absolute atomic E-state index is 14.9. The molecule has 2 aliphatic heterocycles. The van der Waals surface area contributed by atoms with E-state index in [1.807, 2.05) is 103 Å². The summed E-state index contributed by atoms with van der Waals surface area (Å²) in [4.78, 5) is 58.1. The number of nitrogens with one attached hydrogen (secondary N) is 1. The van der Waals surface area contributed by atoms with Gasteiger partial charge in [-0.2, -0.15) is 0 Å². The van der Waals surface area contributed by atoms with E-state index >= 15 is 0 Å². The Morgan fingerprint density at radius 1 is 0.529 bits per heavy atom. The molecule has 13 nitrogen and oxygen atoms in total. The van der Waals surface area contributed by atoms with Crippen molar-refractivity contribution in [2.45, 2.75) is 69.7 Å². The number of carbonyl (C=O) groups excluding carboxylic acids is 4. The van der Waals surface area contributed by atoms with E-state index < -0.39 is 67.2 Å². The van der Waals surface area contributed by atoms with Crippen LogP contribution < -0.4 is 5.32 Å². The summed E-state index contributed by atoms with van der Waals surface area (Å²) >= 11 is 26.3. The molecular formula is C53H46Cl4N2O11. The first-order chi connectivity index (χ1) is 34.1. The molecule has 0 aromatic heterocycles. The summed E-state index contributed by atoms with van der Waals surface area (Å²) in [5.74, 6) is -2.72. The predicted octanol–water partition coefficient (Wildman–Crippen LogP) is 10.4. The largest absolute Gasteiger partial charge is 0.459 e. The number of imide groups is 1. The van der Waals surface area contributed by atoms with E-state index in [1.54, 1.807) is 48.5 Å². The number of alkyl carbamates (subject to hydrolysis) is 1. The minimum absolute atomic E-state index is 0.0386. The Bertz CT molecular complexity index is 2680. The van der Waals surface area contributed by atoms with Crippen LogP contribution in [0.5, 0.6) is 0 Å². The summed E-state index contributed by atoms with van der Waals surface area (Å²) in [5, 5.41) is 1.50. The first kappa shape index (κ1) is 50.5. The maximum atomic E-state index is 14.9. The van der Waals surface area contributed by atoms with Gasteiger partial charge in [0.05, 0.1) is 64.3 Å². The van der Waals surface area contributed by atoms with Crippen LogP contribution in [-0.4, -0.2) is 78.7 Å². The maximum Gasteiger partial charge on any atom is 0.408 e. The highest BCUT2D eigenvalue weighted by molar-refractivity contribution is 6.55. The Hall–Kier alpha value is -5.84. The van der Waals surface area contributed by atoms with Crippen LogP contribution in [0.4, 0.5) is 4.79 Å². The van der Waals surface area contributed by atoms with E-state index in [4.69, 9.17) is 79.6 Å². The summed E-state index contributed by atoms with van der Waals surface area (Å²) in [6.45, 7) is -0.803. The van der Waals surface area contributed by atoms with Gasteiger partial charge in [-0.25, -0.2) is 9.59 Å². The molecule has 0 saturated carbocycles. The lowest BCUT2D eigenvalue weighted by molar-refractivity contribution is -0.299. The Kier molecular flexibility index (Phi) is 17.6. The van der Waals surface area contributed by atoms with E-state index in [0.29, 0.717) is 11.1 Å². The average molecular weight is 1030 g/mol. The molecule has 70 heavy (non-hydrogen) atoms. The zero-order valence-electron chi connectivity index (χ0n) is 37.3. The molecule has 17 heteroatoms. The van der Waals surface area contributed by atoms with Crippen molar-refractivity contribution >= 4 is 70.3 Å². The van der Waals surface area contributed by atoms with Crippen LogP contribution in [0.25, 0.3) is 0 Å². The number of halogens is 4. The molecule has 2 heterocycles. The number of ether oxygens (including phenoxy) is 7. The molecule has 2 aliphatic rings. The van der Waals surface area contributed by atoms with Crippen LogP contribution in [-0.2, 0) is 71.0 Å². The topological polar surface area (TPSA) is 148 Å². The molecule has 0 spiro atoms. The van der Waals surface area contributed by atoms with Crippen molar-refractivity contribution in [3.05, 3.63) is 211 Å².